The fourth-order valence-corrected chi connectivity index (χ4v) is 14.4. The topological polar surface area (TPSA) is 100 Å². The Morgan fingerprint density at radius 3 is 2.05 bits per heavy atom. The van der Waals surface area contributed by atoms with Crippen molar-refractivity contribution in [1.29, 1.82) is 0 Å². The maximum absolute atomic E-state index is 13.9. The molecular formula is C52H77O10Si3. The lowest BCUT2D eigenvalue weighted by Gasteiger charge is -2.45. The van der Waals surface area contributed by atoms with Crippen molar-refractivity contribution < 1.29 is 46.8 Å². The van der Waals surface area contributed by atoms with E-state index in [0.717, 1.165) is 12.1 Å². The number of carbonyl (C=O) groups is 1. The number of rotatable bonds is 20. The van der Waals surface area contributed by atoms with Crippen LogP contribution in [0.4, 0.5) is 0 Å². The number of esters is 1. The Hall–Kier alpha value is -3.54. The molecular weight excluding hydrogens is 869 g/mol. The van der Waals surface area contributed by atoms with Gasteiger partial charge >= 0.3 is 5.97 Å². The Balaban J connectivity index is 1.49. The molecule has 0 unspecified atom stereocenters. The number of fused-ring (bicyclic) bond motifs is 1. The summed E-state index contributed by atoms with van der Waals surface area (Å²) in [6, 6.07) is 24.0. The minimum Gasteiger partial charge on any atom is -0.466 e. The molecule has 3 aromatic rings. The Labute approximate surface area is 393 Å². The molecule has 0 aromatic heterocycles. The summed E-state index contributed by atoms with van der Waals surface area (Å²) in [4.78, 5) is 13.9. The lowest BCUT2D eigenvalue weighted by Crippen LogP contribution is -2.67. The van der Waals surface area contributed by atoms with Crippen LogP contribution < -0.4 is 24.6 Å². The van der Waals surface area contributed by atoms with Crippen molar-refractivity contribution in [2.45, 2.75) is 149 Å². The fraction of sp³-hybridized carbons (Fsp3) is 0.538. The second kappa shape index (κ2) is 21.2. The van der Waals surface area contributed by atoms with Crippen molar-refractivity contribution in [3.05, 3.63) is 102 Å². The maximum atomic E-state index is 13.9. The van der Waals surface area contributed by atoms with Crippen molar-refractivity contribution in [1.82, 2.24) is 0 Å². The summed E-state index contributed by atoms with van der Waals surface area (Å²) >= 11 is 0. The Kier molecular flexibility index (Phi) is 17.1. The van der Waals surface area contributed by atoms with Crippen molar-refractivity contribution in [3.63, 3.8) is 0 Å². The third kappa shape index (κ3) is 12.9. The van der Waals surface area contributed by atoms with Gasteiger partial charge < -0.3 is 42.0 Å². The van der Waals surface area contributed by atoms with Crippen LogP contribution in [-0.2, 0) is 27.8 Å². The third-order valence-electron chi connectivity index (χ3n) is 12.7. The van der Waals surface area contributed by atoms with Gasteiger partial charge in [-0.1, -0.05) is 153 Å². The third-order valence-corrected chi connectivity index (χ3v) is 23.9. The molecule has 1 fully saturated rings. The quantitative estimate of drug-likeness (QED) is 0.0618. The molecule has 4 atom stereocenters. The number of hydrogen-bond donors (Lipinski definition) is 0. The zero-order valence-corrected chi connectivity index (χ0v) is 45.1. The van der Waals surface area contributed by atoms with E-state index in [-0.39, 0.29) is 41.2 Å². The molecule has 0 bridgehead atoms. The minimum absolute atomic E-state index is 0.00387. The van der Waals surface area contributed by atoms with Crippen LogP contribution in [-0.4, -0.2) is 82.1 Å². The number of benzene rings is 3. The number of ether oxygens (including phenoxy) is 7. The van der Waals surface area contributed by atoms with Crippen LogP contribution in [0.2, 0.25) is 48.9 Å². The standard InChI is InChI=1S/C52H77O10Si3/c1-37(38(2)61-65(51(6,7)8,39-24-19-17-20-25-39)40-26-21-18-22-27-40)30-31-43(62-64(15,16)50(3,4)5)48-42(59-52(9,10)60-48)29-23-28-41-46(49(53)55-32-33-63(12,13)14)44(56-35-54-11)34-45-47(41)58-36-57-45/h17-28,30-31,34,37-38,42,48H,29,32-33,35-36H2,1-16H3/b28-23+,31-30-/t37-,38+,42+,48+/m1/s1. The van der Waals surface area contributed by atoms with E-state index in [4.69, 9.17) is 42.0 Å². The first-order valence-corrected chi connectivity index (χ1v) is 31.6. The second-order valence-electron chi connectivity index (χ2n) is 21.6. The molecule has 65 heavy (non-hydrogen) atoms. The van der Waals surface area contributed by atoms with E-state index in [2.05, 4.69) is 161 Å². The highest BCUT2D eigenvalue weighted by Crippen LogP contribution is 2.46. The summed E-state index contributed by atoms with van der Waals surface area (Å²) in [5.41, 5.74) is 0.752. The molecule has 13 heteroatoms. The van der Waals surface area contributed by atoms with Crippen molar-refractivity contribution in [2.75, 3.05) is 27.3 Å². The molecule has 1 saturated heterocycles. The predicted molar refractivity (Wildman–Crippen MR) is 269 cm³/mol. The van der Waals surface area contributed by atoms with Crippen LogP contribution in [0.3, 0.4) is 0 Å². The van der Waals surface area contributed by atoms with Crippen LogP contribution in [0.5, 0.6) is 17.2 Å². The summed E-state index contributed by atoms with van der Waals surface area (Å²) in [6.07, 6.45) is 8.20. The highest BCUT2D eigenvalue weighted by Gasteiger charge is 2.52. The van der Waals surface area contributed by atoms with Gasteiger partial charge in [0.1, 0.15) is 23.5 Å². The van der Waals surface area contributed by atoms with E-state index >= 15 is 0 Å². The predicted octanol–water partition coefficient (Wildman–Crippen LogP) is 11.5. The van der Waals surface area contributed by atoms with Crippen molar-refractivity contribution >= 4 is 47.1 Å². The summed E-state index contributed by atoms with van der Waals surface area (Å²) in [7, 11) is -5.14. The van der Waals surface area contributed by atoms with Gasteiger partial charge in [-0.2, -0.15) is 0 Å². The summed E-state index contributed by atoms with van der Waals surface area (Å²) in [6.45, 7) is 33.4. The van der Waals surface area contributed by atoms with Crippen LogP contribution in [0, 0.1) is 12.0 Å². The number of methoxy groups -OCH3 is 1. The van der Waals surface area contributed by atoms with Gasteiger partial charge in [0.25, 0.3) is 8.32 Å². The lowest BCUT2D eigenvalue weighted by molar-refractivity contribution is -0.147. The van der Waals surface area contributed by atoms with E-state index in [9.17, 15) is 4.79 Å². The highest BCUT2D eigenvalue weighted by atomic mass is 28.4. The molecule has 10 nitrogen and oxygen atoms in total. The molecule has 2 heterocycles. The van der Waals surface area contributed by atoms with E-state index in [0.29, 0.717) is 35.8 Å². The lowest BCUT2D eigenvalue weighted by atomic mass is 9.99. The van der Waals surface area contributed by atoms with Gasteiger partial charge in [0.05, 0.1) is 12.7 Å². The van der Waals surface area contributed by atoms with Crippen LogP contribution in [0.15, 0.2) is 85.0 Å². The first kappa shape index (κ1) is 52.4. The Bertz CT molecular complexity index is 2040. The molecule has 2 aliphatic heterocycles. The molecule has 0 spiro atoms. The average Bonchev–Trinajstić information content (AvgIpc) is 3.82. The van der Waals surface area contributed by atoms with Crippen molar-refractivity contribution in [3.8, 4) is 17.2 Å². The van der Waals surface area contributed by atoms with Crippen LogP contribution in [0.25, 0.3) is 6.08 Å². The first-order chi connectivity index (χ1) is 30.3. The SMILES string of the molecule is COCOc1cc2c(c(/C=C/C[C@@H]3OC(C)(C)O[C@@H]3[C](/C=C\[C@@H](C)[C@H](C)O[Si](c3ccccc3)(c3ccccc3)C(C)(C)C)O[Si](C)(C)C(C)(C)C)c1C(=O)OCC[Si](C)(C)C)OCO2. The van der Waals surface area contributed by atoms with Crippen LogP contribution >= 0.6 is 0 Å². The van der Waals surface area contributed by atoms with Gasteiger partial charge in [-0.25, -0.2) is 4.79 Å². The highest BCUT2D eigenvalue weighted by molar-refractivity contribution is 6.99. The normalized spacial score (nSPS) is 19.0. The van der Waals surface area contributed by atoms with E-state index < -0.39 is 48.7 Å². The van der Waals surface area contributed by atoms with Gasteiger partial charge in [-0.3, -0.25) is 0 Å². The molecule has 0 saturated carbocycles. The van der Waals surface area contributed by atoms with Gasteiger partial charge in [-0.15, -0.1) is 0 Å². The summed E-state index contributed by atoms with van der Waals surface area (Å²) < 4.78 is 57.0. The van der Waals surface area contributed by atoms with Crippen LogP contribution in [0.1, 0.15) is 91.6 Å². The molecule has 0 N–H and O–H groups in total. The smallest absolute Gasteiger partial charge is 0.342 e. The molecule has 2 aliphatic rings. The van der Waals surface area contributed by atoms with Crippen molar-refractivity contribution in [2.24, 2.45) is 5.92 Å². The zero-order valence-electron chi connectivity index (χ0n) is 42.1. The monoisotopic (exact) mass is 945 g/mol. The zero-order chi connectivity index (χ0) is 48.0. The fourth-order valence-electron chi connectivity index (χ4n) is 7.86. The Morgan fingerprint density at radius 1 is 0.877 bits per heavy atom. The first-order valence-electron chi connectivity index (χ1n) is 23.1. The molecule has 1 radical (unpaired) electrons. The summed E-state index contributed by atoms with van der Waals surface area (Å²) in [5, 5.41) is 2.24. The van der Waals surface area contributed by atoms with E-state index in [1.54, 1.807) is 6.07 Å². The summed E-state index contributed by atoms with van der Waals surface area (Å²) in [5.74, 6) is -0.189. The number of carbonyl (C=O) groups excluding carboxylic acids is 1. The van der Waals surface area contributed by atoms with E-state index in [1.165, 1.54) is 17.5 Å². The molecule has 0 aliphatic carbocycles. The largest absolute Gasteiger partial charge is 0.466 e. The van der Waals surface area contributed by atoms with Gasteiger partial charge in [-0.05, 0) is 72.7 Å². The maximum Gasteiger partial charge on any atom is 0.342 e. The van der Waals surface area contributed by atoms with E-state index in [1.807, 2.05) is 26.0 Å². The van der Waals surface area contributed by atoms with Gasteiger partial charge in [0, 0.05) is 32.9 Å². The van der Waals surface area contributed by atoms with Gasteiger partial charge in [0.2, 0.25) is 6.79 Å². The minimum atomic E-state index is -2.81. The van der Waals surface area contributed by atoms with Gasteiger partial charge in [0.15, 0.2) is 32.4 Å². The molecule has 0 amide bonds. The second-order valence-corrected chi connectivity index (χ2v) is 36.2. The molecule has 5 rings (SSSR count). The average molecular weight is 946 g/mol. The number of hydrogen-bond acceptors (Lipinski definition) is 10. The Morgan fingerprint density at radius 2 is 1.49 bits per heavy atom. The molecule has 3 aromatic carbocycles. The molecule has 357 valence electrons.